The number of amides is 1. The molecule has 1 fully saturated rings. The SMILES string of the molecule is Cc1ccc(O)c(CNC[C@@H]2CC(=O)N(C)[C@H]2c2cnn(C)c2)n1. The molecule has 2 aromatic rings. The Morgan fingerprint density at radius 2 is 2.17 bits per heavy atom. The summed E-state index contributed by atoms with van der Waals surface area (Å²) in [4.78, 5) is 18.3. The lowest BCUT2D eigenvalue weighted by Crippen LogP contribution is -2.29. The third kappa shape index (κ3) is 3.26. The van der Waals surface area contributed by atoms with Gasteiger partial charge in [-0.05, 0) is 19.1 Å². The van der Waals surface area contributed by atoms with Crippen LogP contribution in [-0.2, 0) is 18.4 Å². The quantitative estimate of drug-likeness (QED) is 0.859. The summed E-state index contributed by atoms with van der Waals surface area (Å²) in [5.74, 6) is 0.502. The number of aromatic nitrogens is 3. The maximum absolute atomic E-state index is 12.1. The van der Waals surface area contributed by atoms with Crippen molar-refractivity contribution >= 4 is 5.91 Å². The number of likely N-dealkylation sites (tertiary alicyclic amines) is 1. The number of carbonyl (C=O) groups is 1. The largest absolute Gasteiger partial charge is 0.506 e. The van der Waals surface area contributed by atoms with E-state index in [4.69, 9.17) is 0 Å². The van der Waals surface area contributed by atoms with Gasteiger partial charge in [-0.2, -0.15) is 5.10 Å². The Bertz CT molecular complexity index is 742. The van der Waals surface area contributed by atoms with Crippen LogP contribution in [-0.4, -0.2) is 44.3 Å². The molecule has 0 aliphatic carbocycles. The van der Waals surface area contributed by atoms with E-state index >= 15 is 0 Å². The molecule has 3 heterocycles. The van der Waals surface area contributed by atoms with E-state index in [1.54, 1.807) is 21.7 Å². The molecule has 2 atom stereocenters. The Morgan fingerprint density at radius 3 is 2.88 bits per heavy atom. The number of nitrogens with zero attached hydrogens (tertiary/aromatic N) is 4. The highest BCUT2D eigenvalue weighted by Crippen LogP contribution is 2.36. The summed E-state index contributed by atoms with van der Waals surface area (Å²) >= 11 is 0. The first-order valence-corrected chi connectivity index (χ1v) is 8.06. The normalized spacial score (nSPS) is 20.8. The summed E-state index contributed by atoms with van der Waals surface area (Å²) in [6.07, 6.45) is 4.29. The third-order valence-corrected chi connectivity index (χ3v) is 4.55. The van der Waals surface area contributed by atoms with Crippen molar-refractivity contribution in [3.63, 3.8) is 0 Å². The lowest BCUT2D eigenvalue weighted by Gasteiger charge is -2.24. The minimum Gasteiger partial charge on any atom is -0.506 e. The minimum absolute atomic E-state index is 0.0257. The summed E-state index contributed by atoms with van der Waals surface area (Å²) in [6, 6.07) is 3.46. The van der Waals surface area contributed by atoms with Gasteiger partial charge in [-0.3, -0.25) is 14.5 Å². The Kier molecular flexibility index (Phi) is 4.53. The van der Waals surface area contributed by atoms with Gasteiger partial charge in [-0.15, -0.1) is 0 Å². The molecular formula is C17H23N5O2. The average molecular weight is 329 g/mol. The molecule has 1 aliphatic rings. The number of aromatic hydroxyl groups is 1. The van der Waals surface area contributed by atoms with E-state index in [0.29, 0.717) is 25.2 Å². The van der Waals surface area contributed by atoms with Gasteiger partial charge in [0.05, 0.1) is 17.9 Å². The van der Waals surface area contributed by atoms with Crippen LogP contribution in [0.4, 0.5) is 0 Å². The molecule has 0 unspecified atom stereocenters. The second-order valence-corrected chi connectivity index (χ2v) is 6.41. The monoisotopic (exact) mass is 329 g/mol. The Balaban J connectivity index is 1.67. The van der Waals surface area contributed by atoms with Gasteiger partial charge in [-0.25, -0.2) is 0 Å². The van der Waals surface area contributed by atoms with Crippen LogP contribution in [0.1, 0.15) is 29.4 Å². The smallest absolute Gasteiger partial charge is 0.223 e. The van der Waals surface area contributed by atoms with Crippen LogP contribution in [0.5, 0.6) is 5.75 Å². The number of rotatable bonds is 5. The molecule has 1 amide bonds. The standard InChI is InChI=1S/C17H23N5O2/c1-11-4-5-15(23)14(20-11)9-18-7-12-6-16(24)22(3)17(12)13-8-19-21(2)10-13/h4-5,8,10,12,17-18,23H,6-7,9H2,1-3H3/t12-,17+/m0/s1. The molecule has 7 nitrogen and oxygen atoms in total. The number of nitrogens with one attached hydrogen (secondary N) is 1. The van der Waals surface area contributed by atoms with E-state index < -0.39 is 0 Å². The molecule has 24 heavy (non-hydrogen) atoms. The van der Waals surface area contributed by atoms with Crippen molar-refractivity contribution in [2.75, 3.05) is 13.6 Å². The Labute approximate surface area is 141 Å². The van der Waals surface area contributed by atoms with Gasteiger partial charge in [0.2, 0.25) is 5.91 Å². The topological polar surface area (TPSA) is 83.3 Å². The predicted molar refractivity (Wildman–Crippen MR) is 89.2 cm³/mol. The maximum Gasteiger partial charge on any atom is 0.223 e. The van der Waals surface area contributed by atoms with Crippen LogP contribution >= 0.6 is 0 Å². The van der Waals surface area contributed by atoms with Crippen LogP contribution in [0.3, 0.4) is 0 Å². The summed E-state index contributed by atoms with van der Waals surface area (Å²) in [5.41, 5.74) is 2.55. The van der Waals surface area contributed by atoms with Crippen molar-refractivity contribution in [1.29, 1.82) is 0 Å². The molecule has 0 spiro atoms. The zero-order valence-electron chi connectivity index (χ0n) is 14.2. The van der Waals surface area contributed by atoms with E-state index in [1.165, 1.54) is 0 Å². The molecule has 0 aromatic carbocycles. The molecule has 128 valence electrons. The van der Waals surface area contributed by atoms with Gasteiger partial charge >= 0.3 is 0 Å². The second-order valence-electron chi connectivity index (χ2n) is 6.41. The molecule has 1 aliphatic heterocycles. The molecule has 0 radical (unpaired) electrons. The van der Waals surface area contributed by atoms with E-state index in [9.17, 15) is 9.90 Å². The van der Waals surface area contributed by atoms with E-state index in [-0.39, 0.29) is 23.6 Å². The van der Waals surface area contributed by atoms with E-state index in [1.807, 2.05) is 33.4 Å². The first kappa shape index (κ1) is 16.4. The molecule has 1 saturated heterocycles. The highest BCUT2D eigenvalue weighted by atomic mass is 16.3. The van der Waals surface area contributed by atoms with Crippen molar-refractivity contribution in [1.82, 2.24) is 25.0 Å². The van der Waals surface area contributed by atoms with E-state index in [2.05, 4.69) is 15.4 Å². The molecular weight excluding hydrogens is 306 g/mol. The summed E-state index contributed by atoms with van der Waals surface area (Å²) < 4.78 is 1.76. The zero-order valence-corrected chi connectivity index (χ0v) is 14.2. The maximum atomic E-state index is 12.1. The van der Waals surface area contributed by atoms with Gasteiger partial charge in [0.1, 0.15) is 5.75 Å². The highest BCUT2D eigenvalue weighted by molar-refractivity contribution is 5.79. The molecule has 2 N–H and O–H groups in total. The molecule has 0 bridgehead atoms. The van der Waals surface area contributed by atoms with Gasteiger partial charge in [0.25, 0.3) is 0 Å². The fraction of sp³-hybridized carbons (Fsp3) is 0.471. The van der Waals surface area contributed by atoms with Gasteiger partial charge in [-0.1, -0.05) is 0 Å². The zero-order chi connectivity index (χ0) is 17.3. The molecule has 0 saturated carbocycles. The lowest BCUT2D eigenvalue weighted by molar-refractivity contribution is -0.127. The van der Waals surface area contributed by atoms with Crippen molar-refractivity contribution in [3.8, 4) is 5.75 Å². The number of hydrogen-bond donors (Lipinski definition) is 2. The molecule has 7 heteroatoms. The average Bonchev–Trinajstić information content (AvgIpc) is 3.07. The summed E-state index contributed by atoms with van der Waals surface area (Å²) in [7, 11) is 3.72. The summed E-state index contributed by atoms with van der Waals surface area (Å²) in [5, 5.41) is 17.4. The van der Waals surface area contributed by atoms with Crippen LogP contribution in [0.2, 0.25) is 0 Å². The second kappa shape index (κ2) is 6.60. The minimum atomic E-state index is 0.0257. The van der Waals surface area contributed by atoms with Gasteiger partial charge in [0, 0.05) is 57.0 Å². The molecule has 3 rings (SSSR count). The van der Waals surface area contributed by atoms with E-state index in [0.717, 1.165) is 11.3 Å². The van der Waals surface area contributed by atoms with Crippen LogP contribution < -0.4 is 5.32 Å². The first-order chi connectivity index (χ1) is 11.5. The van der Waals surface area contributed by atoms with Crippen molar-refractivity contribution in [2.45, 2.75) is 25.9 Å². The lowest BCUT2D eigenvalue weighted by atomic mass is 9.95. The number of aryl methyl sites for hydroxylation is 2. The van der Waals surface area contributed by atoms with Crippen molar-refractivity contribution in [2.24, 2.45) is 13.0 Å². The Hall–Kier alpha value is -2.41. The fourth-order valence-corrected chi connectivity index (χ4v) is 3.33. The fourth-order valence-electron chi connectivity index (χ4n) is 3.33. The van der Waals surface area contributed by atoms with Crippen LogP contribution in [0, 0.1) is 12.8 Å². The predicted octanol–water partition coefficient (Wildman–Crippen LogP) is 1.14. The van der Waals surface area contributed by atoms with Crippen LogP contribution in [0.15, 0.2) is 24.5 Å². The van der Waals surface area contributed by atoms with Gasteiger partial charge < -0.3 is 15.3 Å². The van der Waals surface area contributed by atoms with Crippen LogP contribution in [0.25, 0.3) is 0 Å². The van der Waals surface area contributed by atoms with Gasteiger partial charge in [0.15, 0.2) is 0 Å². The number of carbonyl (C=O) groups excluding carboxylic acids is 1. The van der Waals surface area contributed by atoms with Crippen molar-refractivity contribution in [3.05, 3.63) is 41.5 Å². The highest BCUT2D eigenvalue weighted by Gasteiger charge is 2.38. The van der Waals surface area contributed by atoms with Crippen molar-refractivity contribution < 1.29 is 9.90 Å². The molecule has 2 aromatic heterocycles. The first-order valence-electron chi connectivity index (χ1n) is 8.06. The Morgan fingerprint density at radius 1 is 1.38 bits per heavy atom. The number of hydrogen-bond acceptors (Lipinski definition) is 5. The number of pyridine rings is 1. The summed E-state index contributed by atoms with van der Waals surface area (Å²) in [6.45, 7) is 3.04. The third-order valence-electron chi connectivity index (χ3n) is 4.55.